The quantitative estimate of drug-likeness (QED) is 0.934. The third-order valence-electron chi connectivity index (χ3n) is 3.32. The van der Waals surface area contributed by atoms with Gasteiger partial charge in [0.25, 0.3) is 5.91 Å². The maximum Gasteiger partial charge on any atom is 0.265 e. The van der Waals surface area contributed by atoms with Crippen LogP contribution in [0.5, 0.6) is 0 Å². The Labute approximate surface area is 131 Å². The fourth-order valence-corrected chi connectivity index (χ4v) is 4.47. The minimum Gasteiger partial charge on any atom is -0.321 e. The Morgan fingerprint density at radius 2 is 2.14 bits per heavy atom. The van der Waals surface area contributed by atoms with Crippen molar-refractivity contribution in [1.82, 2.24) is 0 Å². The maximum absolute atomic E-state index is 14.0. The van der Waals surface area contributed by atoms with E-state index in [2.05, 4.69) is 5.32 Å². The molecule has 1 saturated heterocycles. The summed E-state index contributed by atoms with van der Waals surface area (Å²) in [5.74, 6) is -0.922. The molecule has 0 atom stereocenters. The number of hydrogen-bond acceptors (Lipinski definition) is 4. The summed E-state index contributed by atoms with van der Waals surface area (Å²) in [6, 6.07) is 7.35. The molecule has 2 heterocycles. The second-order valence-electron chi connectivity index (χ2n) is 4.84. The molecule has 1 aliphatic heterocycles. The Bertz CT molecular complexity index is 804. The summed E-state index contributed by atoms with van der Waals surface area (Å²) < 4.78 is 38.8. The summed E-state index contributed by atoms with van der Waals surface area (Å²) >= 11 is 1.29. The molecule has 1 fully saturated rings. The maximum atomic E-state index is 14.0. The first-order valence-corrected chi connectivity index (χ1v) is 9.11. The number of hydrogen-bond donors (Lipinski definition) is 1. The number of nitrogens with one attached hydrogen (secondary N) is 1. The van der Waals surface area contributed by atoms with E-state index in [0.717, 1.165) is 10.4 Å². The van der Waals surface area contributed by atoms with Gasteiger partial charge in [-0.25, -0.2) is 12.8 Å². The van der Waals surface area contributed by atoms with Crippen LogP contribution in [0.4, 0.5) is 15.8 Å². The monoisotopic (exact) mass is 340 g/mol. The van der Waals surface area contributed by atoms with E-state index in [1.807, 2.05) is 0 Å². The van der Waals surface area contributed by atoms with Gasteiger partial charge in [0.2, 0.25) is 10.0 Å². The summed E-state index contributed by atoms with van der Waals surface area (Å²) in [6.45, 7) is 0.252. The number of rotatable bonds is 3. The number of nitrogens with zero attached hydrogens (tertiary/aromatic N) is 1. The Hall–Kier alpha value is -1.93. The van der Waals surface area contributed by atoms with Crippen LogP contribution in [-0.2, 0) is 10.0 Å². The van der Waals surface area contributed by atoms with Crippen molar-refractivity contribution >= 4 is 38.6 Å². The number of amides is 1. The zero-order valence-electron chi connectivity index (χ0n) is 11.5. The number of carbonyl (C=O) groups is 1. The molecule has 3 rings (SSSR count). The average Bonchev–Trinajstić information content (AvgIpc) is 3.10. The zero-order chi connectivity index (χ0) is 15.7. The molecule has 22 heavy (non-hydrogen) atoms. The molecule has 1 aliphatic rings. The van der Waals surface area contributed by atoms with Crippen molar-refractivity contribution in [2.45, 2.75) is 6.42 Å². The fraction of sp³-hybridized carbons (Fsp3) is 0.214. The first kappa shape index (κ1) is 15.0. The highest BCUT2D eigenvalue weighted by molar-refractivity contribution is 7.93. The predicted molar refractivity (Wildman–Crippen MR) is 84.4 cm³/mol. The first-order valence-electron chi connectivity index (χ1n) is 6.62. The van der Waals surface area contributed by atoms with E-state index in [1.165, 1.54) is 23.5 Å². The van der Waals surface area contributed by atoms with Crippen molar-refractivity contribution in [3.8, 4) is 0 Å². The van der Waals surface area contributed by atoms with Gasteiger partial charge in [-0.15, -0.1) is 11.3 Å². The number of carbonyl (C=O) groups excluding carboxylic acids is 1. The molecule has 1 aromatic heterocycles. The van der Waals surface area contributed by atoms with Crippen molar-refractivity contribution < 1.29 is 17.6 Å². The highest BCUT2D eigenvalue weighted by atomic mass is 32.2. The van der Waals surface area contributed by atoms with Gasteiger partial charge in [-0.1, -0.05) is 6.07 Å². The van der Waals surface area contributed by atoms with Crippen molar-refractivity contribution in [2.75, 3.05) is 21.9 Å². The van der Waals surface area contributed by atoms with Gasteiger partial charge in [-0.2, -0.15) is 0 Å². The molecule has 116 valence electrons. The van der Waals surface area contributed by atoms with Crippen molar-refractivity contribution in [1.29, 1.82) is 0 Å². The lowest BCUT2D eigenvalue weighted by molar-refractivity contribution is 0.103. The summed E-state index contributed by atoms with van der Waals surface area (Å²) in [5.41, 5.74) is 0.332. The van der Waals surface area contributed by atoms with E-state index >= 15 is 0 Å². The van der Waals surface area contributed by atoms with Gasteiger partial charge in [0, 0.05) is 12.2 Å². The van der Waals surface area contributed by atoms with E-state index in [-0.39, 0.29) is 23.9 Å². The van der Waals surface area contributed by atoms with Crippen molar-refractivity contribution in [3.05, 3.63) is 46.4 Å². The largest absolute Gasteiger partial charge is 0.321 e. The average molecular weight is 340 g/mol. The zero-order valence-corrected chi connectivity index (χ0v) is 13.1. The molecule has 1 aromatic carbocycles. The molecule has 1 amide bonds. The summed E-state index contributed by atoms with van der Waals surface area (Å²) in [6.07, 6.45) is 0.466. The molecule has 0 aliphatic carbocycles. The van der Waals surface area contributed by atoms with Gasteiger partial charge >= 0.3 is 0 Å². The second-order valence-corrected chi connectivity index (χ2v) is 7.80. The number of anilines is 2. The lowest BCUT2D eigenvalue weighted by Gasteiger charge is -2.18. The molecule has 0 unspecified atom stereocenters. The SMILES string of the molecule is O=C(Nc1ccc(F)c(N2CCCS2(=O)=O)c1)c1cccs1. The Morgan fingerprint density at radius 3 is 2.77 bits per heavy atom. The predicted octanol–water partition coefficient (Wildman–Crippen LogP) is 2.68. The molecule has 2 aromatic rings. The van der Waals surface area contributed by atoms with Crippen LogP contribution in [-0.4, -0.2) is 26.6 Å². The van der Waals surface area contributed by atoms with Crippen LogP contribution < -0.4 is 9.62 Å². The molecule has 0 radical (unpaired) electrons. The number of halogens is 1. The summed E-state index contributed by atoms with van der Waals surface area (Å²) in [7, 11) is -3.47. The molecule has 0 spiro atoms. The van der Waals surface area contributed by atoms with Crippen LogP contribution in [0.15, 0.2) is 35.7 Å². The van der Waals surface area contributed by atoms with Crippen LogP contribution >= 0.6 is 11.3 Å². The van der Waals surface area contributed by atoms with Gasteiger partial charge in [-0.05, 0) is 36.1 Å². The summed E-state index contributed by atoms with van der Waals surface area (Å²) in [4.78, 5) is 12.5. The van der Waals surface area contributed by atoms with Crippen molar-refractivity contribution in [3.63, 3.8) is 0 Å². The van der Waals surface area contributed by atoms with Crippen molar-refractivity contribution in [2.24, 2.45) is 0 Å². The van der Waals surface area contributed by atoms with Gasteiger partial charge in [0.1, 0.15) is 5.82 Å². The Balaban J connectivity index is 1.89. The third-order valence-corrected chi connectivity index (χ3v) is 6.04. The van der Waals surface area contributed by atoms with E-state index in [4.69, 9.17) is 0 Å². The van der Waals surface area contributed by atoms with Crippen LogP contribution in [0.25, 0.3) is 0 Å². The Kier molecular flexibility index (Phi) is 3.88. The van der Waals surface area contributed by atoms with Gasteiger partial charge in [-0.3, -0.25) is 9.10 Å². The Morgan fingerprint density at radius 1 is 1.32 bits per heavy atom. The van der Waals surface area contributed by atoms with Crippen LogP contribution in [0, 0.1) is 5.82 Å². The topological polar surface area (TPSA) is 66.5 Å². The van der Waals surface area contributed by atoms with Crippen LogP contribution in [0.1, 0.15) is 16.1 Å². The molecule has 5 nitrogen and oxygen atoms in total. The molecule has 1 N–H and O–H groups in total. The molecule has 0 saturated carbocycles. The van der Waals surface area contributed by atoms with Gasteiger partial charge < -0.3 is 5.32 Å². The normalized spacial score (nSPS) is 16.7. The molecular weight excluding hydrogens is 327 g/mol. The first-order chi connectivity index (χ1) is 10.5. The second kappa shape index (κ2) is 5.69. The van der Waals surface area contributed by atoms with Gasteiger partial charge in [0.05, 0.1) is 16.3 Å². The number of sulfonamides is 1. The highest BCUT2D eigenvalue weighted by Gasteiger charge is 2.30. The highest BCUT2D eigenvalue weighted by Crippen LogP contribution is 2.29. The van der Waals surface area contributed by atoms with E-state index < -0.39 is 15.8 Å². The molecule has 0 bridgehead atoms. The lowest BCUT2D eigenvalue weighted by Crippen LogP contribution is -2.26. The minimum atomic E-state index is -3.47. The summed E-state index contributed by atoms with van der Waals surface area (Å²) in [5, 5.41) is 4.43. The van der Waals surface area contributed by atoms with E-state index in [0.29, 0.717) is 17.0 Å². The van der Waals surface area contributed by atoms with Gasteiger partial charge in [0.15, 0.2) is 0 Å². The third kappa shape index (κ3) is 2.84. The fourth-order valence-electron chi connectivity index (χ4n) is 2.29. The molecular formula is C14H13FN2O3S2. The number of thiophene rings is 1. The van der Waals surface area contributed by atoms with E-state index in [1.54, 1.807) is 17.5 Å². The molecule has 8 heteroatoms. The lowest BCUT2D eigenvalue weighted by atomic mass is 10.2. The van der Waals surface area contributed by atoms with Crippen LogP contribution in [0.3, 0.4) is 0 Å². The van der Waals surface area contributed by atoms with Crippen LogP contribution in [0.2, 0.25) is 0 Å². The van der Waals surface area contributed by atoms with E-state index in [9.17, 15) is 17.6 Å². The smallest absolute Gasteiger partial charge is 0.265 e. The standard InChI is InChI=1S/C14H13FN2O3S2/c15-11-5-4-10(16-14(18)13-3-1-7-21-13)9-12(11)17-6-2-8-22(17,19)20/h1,3-5,7,9H,2,6,8H2,(H,16,18). The minimum absolute atomic E-state index is 0.0121. The number of benzene rings is 1.